The molecule has 2 N–H and O–H groups in total. The molecule has 1 aromatic rings. The number of hydrogen-bond acceptors (Lipinski definition) is 4. The lowest BCUT2D eigenvalue weighted by molar-refractivity contribution is 0.0934. The molecule has 1 atom stereocenters. The third-order valence-corrected chi connectivity index (χ3v) is 3.63. The average molecular weight is 277 g/mol. The van der Waals surface area contributed by atoms with Crippen LogP contribution < -0.4 is 10.2 Å². The van der Waals surface area contributed by atoms with E-state index in [4.69, 9.17) is 5.11 Å². The summed E-state index contributed by atoms with van der Waals surface area (Å²) in [5, 5.41) is 11.8. The molecule has 2 rings (SSSR count). The summed E-state index contributed by atoms with van der Waals surface area (Å²) in [4.78, 5) is 18.9. The van der Waals surface area contributed by atoms with Crippen LogP contribution in [0, 0.1) is 0 Å². The van der Waals surface area contributed by atoms with Gasteiger partial charge in [0.2, 0.25) is 0 Å². The fourth-order valence-electron chi connectivity index (χ4n) is 2.50. The monoisotopic (exact) mass is 277 g/mol. The molecule has 0 saturated carbocycles. The summed E-state index contributed by atoms with van der Waals surface area (Å²) in [6.07, 6.45) is 5.85. The molecule has 0 aliphatic carbocycles. The molecule has 1 aliphatic rings. The van der Waals surface area contributed by atoms with Gasteiger partial charge in [-0.15, -0.1) is 0 Å². The summed E-state index contributed by atoms with van der Waals surface area (Å²) < 4.78 is 0. The summed E-state index contributed by atoms with van der Waals surface area (Å²) in [6.45, 7) is 3.89. The van der Waals surface area contributed by atoms with Crippen molar-refractivity contribution in [2.75, 3.05) is 24.6 Å². The molecule has 0 aromatic carbocycles. The first-order chi connectivity index (χ1) is 9.72. The molecule has 1 aliphatic heterocycles. The van der Waals surface area contributed by atoms with E-state index >= 15 is 0 Å². The van der Waals surface area contributed by atoms with E-state index in [2.05, 4.69) is 15.2 Å². The van der Waals surface area contributed by atoms with Crippen molar-refractivity contribution < 1.29 is 9.90 Å². The summed E-state index contributed by atoms with van der Waals surface area (Å²) >= 11 is 0. The third kappa shape index (κ3) is 3.70. The number of aliphatic hydroxyl groups excluding tert-OH is 1. The van der Waals surface area contributed by atoms with Gasteiger partial charge >= 0.3 is 0 Å². The summed E-state index contributed by atoms with van der Waals surface area (Å²) in [6, 6.07) is 3.57. The Morgan fingerprint density at radius 1 is 1.45 bits per heavy atom. The van der Waals surface area contributed by atoms with E-state index in [1.54, 1.807) is 12.3 Å². The van der Waals surface area contributed by atoms with Gasteiger partial charge in [0.15, 0.2) is 0 Å². The number of pyridine rings is 1. The van der Waals surface area contributed by atoms with Crippen LogP contribution in [-0.4, -0.2) is 41.7 Å². The van der Waals surface area contributed by atoms with Gasteiger partial charge in [-0.05, 0) is 44.7 Å². The van der Waals surface area contributed by atoms with Crippen molar-refractivity contribution in [2.45, 2.75) is 38.6 Å². The number of carbonyl (C=O) groups is 1. The second kappa shape index (κ2) is 7.24. The Balaban J connectivity index is 2.12. The molecule has 0 spiro atoms. The quantitative estimate of drug-likeness (QED) is 0.857. The summed E-state index contributed by atoms with van der Waals surface area (Å²) in [5.74, 6) is 0.667. The maximum absolute atomic E-state index is 12.3. The zero-order valence-corrected chi connectivity index (χ0v) is 12.0. The number of hydrogen-bond donors (Lipinski definition) is 2. The Kier molecular flexibility index (Phi) is 5.35. The van der Waals surface area contributed by atoms with Crippen molar-refractivity contribution in [3.8, 4) is 0 Å². The molecule has 1 aromatic heterocycles. The van der Waals surface area contributed by atoms with Gasteiger partial charge in [0.1, 0.15) is 5.82 Å². The SMILES string of the molecule is CC(CCO)NC(=O)c1cccnc1N1CCCCC1. The minimum absolute atomic E-state index is 0.0399. The van der Waals surface area contributed by atoms with Crippen LogP contribution in [-0.2, 0) is 0 Å². The molecule has 5 nitrogen and oxygen atoms in total. The standard InChI is InChI=1S/C15H23N3O2/c1-12(7-11-19)17-15(20)13-6-5-8-16-14(13)18-9-3-2-4-10-18/h5-6,8,12,19H,2-4,7,9-11H2,1H3,(H,17,20). The molecule has 5 heteroatoms. The molecule has 20 heavy (non-hydrogen) atoms. The molecular formula is C15H23N3O2. The Hall–Kier alpha value is -1.62. The fraction of sp³-hybridized carbons (Fsp3) is 0.600. The average Bonchev–Trinajstić information content (AvgIpc) is 2.48. The van der Waals surface area contributed by atoms with Crippen LogP contribution in [0.3, 0.4) is 0 Å². The first-order valence-corrected chi connectivity index (χ1v) is 7.34. The van der Waals surface area contributed by atoms with Crippen molar-refractivity contribution in [3.05, 3.63) is 23.9 Å². The molecule has 1 unspecified atom stereocenters. The van der Waals surface area contributed by atoms with E-state index in [0.29, 0.717) is 12.0 Å². The van der Waals surface area contributed by atoms with Crippen molar-refractivity contribution >= 4 is 11.7 Å². The van der Waals surface area contributed by atoms with Crippen LogP contribution in [0.15, 0.2) is 18.3 Å². The Morgan fingerprint density at radius 3 is 2.90 bits per heavy atom. The van der Waals surface area contributed by atoms with E-state index in [9.17, 15) is 4.79 Å². The van der Waals surface area contributed by atoms with Gasteiger partial charge in [-0.1, -0.05) is 0 Å². The molecule has 110 valence electrons. The number of carbonyl (C=O) groups excluding carboxylic acids is 1. The van der Waals surface area contributed by atoms with Crippen LogP contribution >= 0.6 is 0 Å². The first-order valence-electron chi connectivity index (χ1n) is 7.34. The summed E-state index contributed by atoms with van der Waals surface area (Å²) in [7, 11) is 0. The molecule has 1 fully saturated rings. The molecule has 1 amide bonds. The van der Waals surface area contributed by atoms with Gasteiger partial charge in [0, 0.05) is 31.9 Å². The van der Waals surface area contributed by atoms with Gasteiger partial charge in [-0.25, -0.2) is 4.98 Å². The van der Waals surface area contributed by atoms with Gasteiger partial charge in [0.25, 0.3) is 5.91 Å². The topological polar surface area (TPSA) is 65.5 Å². The lowest BCUT2D eigenvalue weighted by Crippen LogP contribution is -2.36. The van der Waals surface area contributed by atoms with E-state index < -0.39 is 0 Å². The first kappa shape index (κ1) is 14.8. The second-order valence-corrected chi connectivity index (χ2v) is 5.31. The van der Waals surface area contributed by atoms with Crippen molar-refractivity contribution in [2.24, 2.45) is 0 Å². The smallest absolute Gasteiger partial charge is 0.255 e. The Labute approximate surface area is 120 Å². The minimum Gasteiger partial charge on any atom is -0.396 e. The van der Waals surface area contributed by atoms with Crippen LogP contribution in [0.4, 0.5) is 5.82 Å². The maximum atomic E-state index is 12.3. The van der Waals surface area contributed by atoms with Crippen LogP contribution in [0.2, 0.25) is 0 Å². The number of anilines is 1. The lowest BCUT2D eigenvalue weighted by Gasteiger charge is -2.29. The molecular weight excluding hydrogens is 254 g/mol. The van der Waals surface area contributed by atoms with Gasteiger partial charge in [-0.3, -0.25) is 4.79 Å². The number of aromatic nitrogens is 1. The normalized spacial score (nSPS) is 16.8. The minimum atomic E-state index is -0.111. The molecule has 0 radical (unpaired) electrons. The zero-order chi connectivity index (χ0) is 14.4. The van der Waals surface area contributed by atoms with Gasteiger partial charge in [-0.2, -0.15) is 0 Å². The Morgan fingerprint density at radius 2 is 2.20 bits per heavy atom. The van der Waals surface area contributed by atoms with Gasteiger partial charge in [0.05, 0.1) is 5.56 Å². The van der Waals surface area contributed by atoms with Crippen LogP contribution in [0.25, 0.3) is 0 Å². The van der Waals surface area contributed by atoms with Crippen molar-refractivity contribution in [3.63, 3.8) is 0 Å². The number of nitrogens with one attached hydrogen (secondary N) is 1. The van der Waals surface area contributed by atoms with Crippen molar-refractivity contribution in [1.29, 1.82) is 0 Å². The number of amides is 1. The highest BCUT2D eigenvalue weighted by atomic mass is 16.3. The van der Waals surface area contributed by atoms with Gasteiger partial charge < -0.3 is 15.3 Å². The van der Waals surface area contributed by atoms with Crippen molar-refractivity contribution in [1.82, 2.24) is 10.3 Å². The van der Waals surface area contributed by atoms with Crippen LogP contribution in [0.5, 0.6) is 0 Å². The van der Waals surface area contributed by atoms with Crippen LogP contribution in [0.1, 0.15) is 43.0 Å². The third-order valence-electron chi connectivity index (χ3n) is 3.63. The predicted molar refractivity (Wildman–Crippen MR) is 78.9 cm³/mol. The zero-order valence-electron chi connectivity index (χ0n) is 12.0. The molecule has 1 saturated heterocycles. The molecule has 0 bridgehead atoms. The summed E-state index contributed by atoms with van der Waals surface area (Å²) in [5.41, 5.74) is 0.624. The second-order valence-electron chi connectivity index (χ2n) is 5.31. The fourth-order valence-corrected chi connectivity index (χ4v) is 2.50. The highest BCUT2D eigenvalue weighted by molar-refractivity contribution is 5.99. The maximum Gasteiger partial charge on any atom is 0.255 e. The predicted octanol–water partition coefficient (Wildman–Crippen LogP) is 1.57. The van der Waals surface area contributed by atoms with E-state index in [1.165, 1.54) is 6.42 Å². The number of nitrogens with zero attached hydrogens (tertiary/aromatic N) is 2. The largest absolute Gasteiger partial charge is 0.396 e. The van der Waals surface area contributed by atoms with E-state index in [0.717, 1.165) is 31.7 Å². The number of piperidine rings is 1. The van der Waals surface area contributed by atoms with E-state index in [1.807, 2.05) is 13.0 Å². The highest BCUT2D eigenvalue weighted by Gasteiger charge is 2.20. The lowest BCUT2D eigenvalue weighted by atomic mass is 10.1. The molecule has 2 heterocycles. The Bertz CT molecular complexity index is 444. The van der Waals surface area contributed by atoms with E-state index in [-0.39, 0.29) is 18.6 Å². The number of rotatable bonds is 5. The number of aliphatic hydroxyl groups is 1. The highest BCUT2D eigenvalue weighted by Crippen LogP contribution is 2.21.